The molecule has 1 aliphatic heterocycles. The number of benzene rings is 2. The summed E-state index contributed by atoms with van der Waals surface area (Å²) in [7, 11) is 1.59. The van der Waals surface area contributed by atoms with E-state index >= 15 is 0 Å². The molecule has 2 aromatic carbocycles. The molecule has 0 aliphatic carbocycles. The summed E-state index contributed by atoms with van der Waals surface area (Å²) in [6, 6.07) is 15.2. The van der Waals surface area contributed by atoms with Crippen molar-refractivity contribution in [2.45, 2.75) is 23.5 Å². The predicted molar refractivity (Wildman–Crippen MR) is 107 cm³/mol. The van der Waals surface area contributed by atoms with Crippen molar-refractivity contribution < 1.29 is 9.59 Å². The molecule has 2 aromatic rings. The van der Waals surface area contributed by atoms with Crippen LogP contribution in [0.3, 0.4) is 0 Å². The summed E-state index contributed by atoms with van der Waals surface area (Å²) >= 11 is 1.81. The first-order valence-electron chi connectivity index (χ1n) is 8.71. The van der Waals surface area contributed by atoms with E-state index < -0.39 is 0 Å². The highest BCUT2D eigenvalue weighted by Crippen LogP contribution is 2.37. The SMILES string of the molecule is CNC(=O)c1ccccc1NCC(=O)N1CCC(C)Sc2ccccc21. The van der Waals surface area contributed by atoms with Crippen molar-refractivity contribution in [2.75, 3.05) is 30.4 Å². The Morgan fingerprint density at radius 2 is 1.88 bits per heavy atom. The van der Waals surface area contributed by atoms with Gasteiger partial charge in [-0.2, -0.15) is 0 Å². The van der Waals surface area contributed by atoms with Gasteiger partial charge in [0.05, 0.1) is 17.8 Å². The lowest BCUT2D eigenvalue weighted by atomic mass is 10.1. The second kappa shape index (κ2) is 8.27. The Balaban J connectivity index is 1.76. The molecule has 5 nitrogen and oxygen atoms in total. The standard InChI is InChI=1S/C20H23N3O2S/c1-14-11-12-23(17-9-5-6-10-18(17)26-14)19(24)13-22-16-8-4-3-7-15(16)20(25)21-2/h3-10,14,22H,11-13H2,1-2H3,(H,21,25). The highest BCUT2D eigenvalue weighted by Gasteiger charge is 2.24. The number of fused-ring (bicyclic) bond motifs is 1. The number of rotatable bonds is 4. The lowest BCUT2D eigenvalue weighted by Gasteiger charge is -2.23. The smallest absolute Gasteiger partial charge is 0.253 e. The van der Waals surface area contributed by atoms with Crippen molar-refractivity contribution in [1.29, 1.82) is 0 Å². The molecule has 0 bridgehead atoms. The minimum atomic E-state index is -0.175. The van der Waals surface area contributed by atoms with E-state index in [1.807, 2.05) is 47.0 Å². The maximum atomic E-state index is 12.9. The van der Waals surface area contributed by atoms with Crippen LogP contribution in [0.25, 0.3) is 0 Å². The number of hydrogen-bond donors (Lipinski definition) is 2. The summed E-state index contributed by atoms with van der Waals surface area (Å²) in [6.07, 6.45) is 0.944. The van der Waals surface area contributed by atoms with Gasteiger partial charge in [0.25, 0.3) is 5.91 Å². The van der Waals surface area contributed by atoms with Crippen molar-refractivity contribution in [3.05, 3.63) is 54.1 Å². The minimum absolute atomic E-state index is 0.00106. The molecule has 1 atom stereocenters. The van der Waals surface area contributed by atoms with Crippen LogP contribution < -0.4 is 15.5 Å². The molecular weight excluding hydrogens is 346 g/mol. The Bertz CT molecular complexity index is 809. The van der Waals surface area contributed by atoms with Crippen molar-refractivity contribution in [3.63, 3.8) is 0 Å². The van der Waals surface area contributed by atoms with Crippen LogP contribution in [-0.2, 0) is 4.79 Å². The van der Waals surface area contributed by atoms with Crippen molar-refractivity contribution in [2.24, 2.45) is 0 Å². The first-order chi connectivity index (χ1) is 12.6. The third-order valence-corrected chi connectivity index (χ3v) is 5.61. The van der Waals surface area contributed by atoms with Crippen LogP contribution in [0.15, 0.2) is 53.4 Å². The van der Waals surface area contributed by atoms with Gasteiger partial charge in [-0.3, -0.25) is 9.59 Å². The fourth-order valence-electron chi connectivity index (χ4n) is 2.98. The molecule has 1 unspecified atom stereocenters. The molecule has 0 fully saturated rings. The summed E-state index contributed by atoms with van der Waals surface area (Å²) in [5, 5.41) is 6.22. The lowest BCUT2D eigenvalue weighted by molar-refractivity contribution is -0.117. The van der Waals surface area contributed by atoms with Gasteiger partial charge in [-0.1, -0.05) is 31.2 Å². The van der Waals surface area contributed by atoms with Crippen LogP contribution in [0.5, 0.6) is 0 Å². The van der Waals surface area contributed by atoms with Gasteiger partial charge >= 0.3 is 0 Å². The van der Waals surface area contributed by atoms with E-state index in [1.54, 1.807) is 19.2 Å². The van der Waals surface area contributed by atoms with E-state index in [-0.39, 0.29) is 18.4 Å². The molecule has 0 aromatic heterocycles. The van der Waals surface area contributed by atoms with E-state index in [1.165, 1.54) is 0 Å². The summed E-state index contributed by atoms with van der Waals surface area (Å²) in [6.45, 7) is 3.03. The Morgan fingerprint density at radius 3 is 2.69 bits per heavy atom. The highest BCUT2D eigenvalue weighted by molar-refractivity contribution is 8.00. The Kier molecular flexibility index (Phi) is 5.83. The number of para-hydroxylation sites is 2. The Morgan fingerprint density at radius 1 is 1.15 bits per heavy atom. The zero-order chi connectivity index (χ0) is 18.5. The van der Waals surface area contributed by atoms with E-state index in [4.69, 9.17) is 0 Å². The van der Waals surface area contributed by atoms with Gasteiger partial charge in [0.2, 0.25) is 5.91 Å². The number of thioether (sulfide) groups is 1. The molecule has 3 rings (SSSR count). The number of amides is 2. The second-order valence-corrected chi connectivity index (χ2v) is 7.69. The van der Waals surface area contributed by atoms with Crippen LogP contribution >= 0.6 is 11.8 Å². The van der Waals surface area contributed by atoms with Crippen LogP contribution in [0.1, 0.15) is 23.7 Å². The molecule has 136 valence electrons. The quantitative estimate of drug-likeness (QED) is 0.867. The van der Waals surface area contributed by atoms with Gasteiger partial charge < -0.3 is 15.5 Å². The fourth-order valence-corrected chi connectivity index (χ4v) is 4.09. The van der Waals surface area contributed by atoms with Gasteiger partial charge in [0, 0.05) is 29.4 Å². The largest absolute Gasteiger partial charge is 0.375 e. The topological polar surface area (TPSA) is 61.4 Å². The molecule has 2 amide bonds. The second-order valence-electron chi connectivity index (χ2n) is 6.21. The third-order valence-electron chi connectivity index (χ3n) is 4.37. The number of hydrogen-bond acceptors (Lipinski definition) is 4. The van der Waals surface area contributed by atoms with Gasteiger partial charge in [-0.15, -0.1) is 11.8 Å². The molecule has 1 aliphatic rings. The summed E-state index contributed by atoms with van der Waals surface area (Å²) in [5.41, 5.74) is 2.16. The van der Waals surface area contributed by atoms with E-state index in [0.717, 1.165) is 17.0 Å². The van der Waals surface area contributed by atoms with Crippen molar-refractivity contribution in [1.82, 2.24) is 5.32 Å². The molecule has 0 saturated heterocycles. The van der Waals surface area contributed by atoms with E-state index in [9.17, 15) is 9.59 Å². The Labute approximate surface area is 158 Å². The van der Waals surface area contributed by atoms with Gasteiger partial charge in [-0.05, 0) is 30.7 Å². The lowest BCUT2D eigenvalue weighted by Crippen LogP contribution is -2.37. The molecular formula is C20H23N3O2S. The number of nitrogens with zero attached hydrogens (tertiary/aromatic N) is 1. The first kappa shape index (κ1) is 18.3. The average Bonchev–Trinajstić information content (AvgIpc) is 2.84. The molecule has 0 saturated carbocycles. The van der Waals surface area contributed by atoms with E-state index in [2.05, 4.69) is 23.6 Å². The summed E-state index contributed by atoms with van der Waals surface area (Å²) < 4.78 is 0. The number of carbonyl (C=O) groups is 2. The number of nitrogens with one attached hydrogen (secondary N) is 2. The monoisotopic (exact) mass is 369 g/mol. The summed E-state index contributed by atoms with van der Waals surface area (Å²) in [5.74, 6) is -0.176. The molecule has 0 spiro atoms. The maximum Gasteiger partial charge on any atom is 0.253 e. The highest BCUT2D eigenvalue weighted by atomic mass is 32.2. The minimum Gasteiger partial charge on any atom is -0.375 e. The zero-order valence-corrected chi connectivity index (χ0v) is 15.8. The van der Waals surface area contributed by atoms with Crippen molar-refractivity contribution in [3.8, 4) is 0 Å². The van der Waals surface area contributed by atoms with E-state index in [0.29, 0.717) is 23.0 Å². The average molecular weight is 369 g/mol. The van der Waals surface area contributed by atoms with Crippen LogP contribution in [0.4, 0.5) is 11.4 Å². The Hall–Kier alpha value is -2.47. The van der Waals surface area contributed by atoms with Gasteiger partial charge in [0.15, 0.2) is 0 Å². The molecule has 6 heteroatoms. The predicted octanol–water partition coefficient (Wildman–Crippen LogP) is 3.38. The zero-order valence-electron chi connectivity index (χ0n) is 15.0. The van der Waals surface area contributed by atoms with Crippen LogP contribution in [0, 0.1) is 0 Å². The normalized spacial score (nSPS) is 16.4. The molecule has 1 heterocycles. The first-order valence-corrected chi connectivity index (χ1v) is 9.59. The molecule has 0 radical (unpaired) electrons. The fraction of sp³-hybridized carbons (Fsp3) is 0.300. The van der Waals surface area contributed by atoms with Gasteiger partial charge in [-0.25, -0.2) is 0 Å². The van der Waals surface area contributed by atoms with Crippen molar-refractivity contribution >= 4 is 35.0 Å². The van der Waals surface area contributed by atoms with Crippen LogP contribution in [-0.4, -0.2) is 37.2 Å². The number of anilines is 2. The molecule has 26 heavy (non-hydrogen) atoms. The maximum absolute atomic E-state index is 12.9. The van der Waals surface area contributed by atoms with Gasteiger partial charge in [0.1, 0.15) is 0 Å². The third kappa shape index (κ3) is 4.02. The summed E-state index contributed by atoms with van der Waals surface area (Å²) in [4.78, 5) is 27.9. The van der Waals surface area contributed by atoms with Crippen LogP contribution in [0.2, 0.25) is 0 Å². The number of carbonyl (C=O) groups excluding carboxylic acids is 2. The molecule has 2 N–H and O–H groups in total.